The van der Waals surface area contributed by atoms with Crippen LogP contribution in [0.5, 0.6) is 5.75 Å². The fourth-order valence-electron chi connectivity index (χ4n) is 4.74. The van der Waals surface area contributed by atoms with E-state index in [1.165, 1.54) is 41.7 Å². The summed E-state index contributed by atoms with van der Waals surface area (Å²) in [5, 5.41) is 11.4. The second-order valence-corrected chi connectivity index (χ2v) is 10.9. The summed E-state index contributed by atoms with van der Waals surface area (Å²) in [4.78, 5) is 30.7. The molecule has 0 amide bonds. The van der Waals surface area contributed by atoms with Gasteiger partial charge in [-0.3, -0.25) is 4.79 Å². The van der Waals surface area contributed by atoms with E-state index in [0.29, 0.717) is 49.6 Å². The van der Waals surface area contributed by atoms with E-state index in [-0.39, 0.29) is 52.4 Å². The normalized spacial score (nSPS) is 16.7. The third-order valence-corrected chi connectivity index (χ3v) is 8.03. The largest absolute Gasteiger partial charge is 0.573 e. The van der Waals surface area contributed by atoms with Crippen molar-refractivity contribution in [2.75, 3.05) is 24.6 Å². The summed E-state index contributed by atoms with van der Waals surface area (Å²) < 4.78 is 63.6. The monoisotopic (exact) mass is 605 g/mol. The van der Waals surface area contributed by atoms with Crippen molar-refractivity contribution in [2.45, 2.75) is 38.1 Å². The molecule has 1 saturated heterocycles. The highest BCUT2D eigenvalue weighted by Gasteiger charge is 2.36. The molecule has 3 aromatic rings. The molecular formula is C29H27F4N3O5S. The Bertz CT molecular complexity index is 1510. The van der Waals surface area contributed by atoms with Crippen LogP contribution in [0.25, 0.3) is 17.0 Å². The Labute approximate surface area is 242 Å². The number of nitrogens with two attached hydrogens (primary N) is 1. The van der Waals surface area contributed by atoms with Gasteiger partial charge >= 0.3 is 12.3 Å². The Balaban J connectivity index is 1.24. The number of alkyl halides is 3. The van der Waals surface area contributed by atoms with Gasteiger partial charge < -0.3 is 25.2 Å². The maximum atomic E-state index is 14.5. The van der Waals surface area contributed by atoms with Gasteiger partial charge in [-0.25, -0.2) is 14.2 Å². The minimum atomic E-state index is -4.92. The smallest absolute Gasteiger partial charge is 0.478 e. The van der Waals surface area contributed by atoms with Gasteiger partial charge in [-0.15, -0.1) is 24.5 Å². The van der Waals surface area contributed by atoms with Gasteiger partial charge in [0.1, 0.15) is 11.6 Å². The molecule has 222 valence electrons. The Morgan fingerprint density at radius 1 is 1.10 bits per heavy atom. The van der Waals surface area contributed by atoms with E-state index in [1.807, 2.05) is 4.90 Å². The van der Waals surface area contributed by atoms with E-state index in [0.717, 1.165) is 12.1 Å². The number of halogens is 4. The molecule has 13 heteroatoms. The van der Waals surface area contributed by atoms with Gasteiger partial charge in [0.05, 0.1) is 29.7 Å². The molecular weight excluding hydrogens is 578 g/mol. The van der Waals surface area contributed by atoms with Gasteiger partial charge in [-0.1, -0.05) is 12.1 Å². The molecule has 1 saturated carbocycles. The molecule has 3 N–H and O–H groups in total. The zero-order chi connectivity index (χ0) is 30.0. The van der Waals surface area contributed by atoms with Crippen molar-refractivity contribution in [3.05, 3.63) is 70.4 Å². The second-order valence-electron chi connectivity index (χ2n) is 10.1. The number of hydrogen-bond donors (Lipinski definition) is 2. The van der Waals surface area contributed by atoms with Crippen LogP contribution >= 0.6 is 11.3 Å². The lowest BCUT2D eigenvalue weighted by atomic mass is 10.0. The van der Waals surface area contributed by atoms with Gasteiger partial charge in [0.25, 0.3) is 0 Å². The fourth-order valence-corrected chi connectivity index (χ4v) is 5.62. The van der Waals surface area contributed by atoms with E-state index in [2.05, 4.69) is 9.72 Å². The van der Waals surface area contributed by atoms with Crippen molar-refractivity contribution < 1.29 is 41.7 Å². The number of Topliss-reactive ketones (excluding diaryl/α,β-unsaturated/α-hetero) is 1. The van der Waals surface area contributed by atoms with Crippen LogP contribution in [0.4, 0.5) is 22.7 Å². The number of ether oxygens (including phenoxy) is 2. The molecule has 5 rings (SSSR count). The van der Waals surface area contributed by atoms with Crippen molar-refractivity contribution in [1.29, 1.82) is 0 Å². The summed E-state index contributed by atoms with van der Waals surface area (Å²) in [6, 6.07) is 9.12. The summed E-state index contributed by atoms with van der Waals surface area (Å²) in [7, 11) is 0. The molecule has 1 aliphatic heterocycles. The molecule has 8 nitrogen and oxygen atoms in total. The Kier molecular flexibility index (Phi) is 8.50. The maximum Gasteiger partial charge on any atom is 0.573 e. The van der Waals surface area contributed by atoms with Crippen LogP contribution in [0, 0.1) is 11.7 Å². The van der Waals surface area contributed by atoms with Crippen molar-refractivity contribution in [3.63, 3.8) is 0 Å². The van der Waals surface area contributed by atoms with Crippen LogP contribution in [-0.2, 0) is 9.53 Å². The van der Waals surface area contributed by atoms with E-state index < -0.39 is 23.9 Å². The van der Waals surface area contributed by atoms with E-state index >= 15 is 0 Å². The van der Waals surface area contributed by atoms with Crippen molar-refractivity contribution in [2.24, 2.45) is 11.7 Å². The molecule has 2 aliphatic rings. The number of para-hydroxylation sites is 1. The number of hydrogen-bond acceptors (Lipinski definition) is 8. The quantitative estimate of drug-likeness (QED) is 0.218. The number of carboxylic acid groups (broad SMARTS) is 1. The van der Waals surface area contributed by atoms with E-state index in [4.69, 9.17) is 15.6 Å². The molecule has 0 atom stereocenters. The van der Waals surface area contributed by atoms with Crippen LogP contribution in [-0.4, -0.2) is 54.0 Å². The molecule has 1 aliphatic carbocycles. The van der Waals surface area contributed by atoms with E-state index in [1.54, 1.807) is 5.38 Å². The number of piperidine rings is 1. The molecule has 2 fully saturated rings. The summed E-state index contributed by atoms with van der Waals surface area (Å²) in [5.41, 5.74) is 6.77. The SMILES string of the molecule is NC(=C(COC1CCN(c2nc(-c3ccc(C(=O)O)cc3F)cs2)CC1)C(=O)C1CC1)c1ccccc1OC(F)(F)F. The lowest BCUT2D eigenvalue weighted by molar-refractivity contribution is -0.274. The van der Waals surface area contributed by atoms with Crippen LogP contribution in [0.3, 0.4) is 0 Å². The van der Waals surface area contributed by atoms with Crippen molar-refractivity contribution in [1.82, 2.24) is 4.98 Å². The second kappa shape index (κ2) is 12.1. The van der Waals surface area contributed by atoms with Crippen molar-refractivity contribution in [3.8, 4) is 17.0 Å². The Morgan fingerprint density at radius 2 is 1.81 bits per heavy atom. The van der Waals surface area contributed by atoms with Gasteiger partial charge in [-0.2, -0.15) is 0 Å². The van der Waals surface area contributed by atoms with Gasteiger partial charge in [0.15, 0.2) is 10.9 Å². The lowest BCUT2D eigenvalue weighted by Crippen LogP contribution is -2.37. The minimum absolute atomic E-state index is 0.0224. The predicted molar refractivity (Wildman–Crippen MR) is 148 cm³/mol. The van der Waals surface area contributed by atoms with Gasteiger partial charge in [0, 0.05) is 41.1 Å². The average molecular weight is 606 g/mol. The third-order valence-electron chi connectivity index (χ3n) is 7.13. The highest BCUT2D eigenvalue weighted by Crippen LogP contribution is 2.37. The third kappa shape index (κ3) is 6.90. The first kappa shape index (κ1) is 29.5. The summed E-state index contributed by atoms with van der Waals surface area (Å²) >= 11 is 1.34. The lowest BCUT2D eigenvalue weighted by Gasteiger charge is -2.32. The van der Waals surface area contributed by atoms with Crippen LogP contribution < -0.4 is 15.4 Å². The fraction of sp³-hybridized carbons (Fsp3) is 0.345. The van der Waals surface area contributed by atoms with Crippen LogP contribution in [0.1, 0.15) is 41.6 Å². The van der Waals surface area contributed by atoms with Gasteiger partial charge in [-0.05, 0) is 56.0 Å². The van der Waals surface area contributed by atoms with Crippen molar-refractivity contribution >= 4 is 33.9 Å². The van der Waals surface area contributed by atoms with E-state index in [9.17, 15) is 27.2 Å². The number of ketones is 1. The van der Waals surface area contributed by atoms with Crippen LogP contribution in [0.2, 0.25) is 0 Å². The molecule has 0 spiro atoms. The standard InChI is InChI=1S/C29H27F4N3O5S/c30-22-13-17(27(38)39)7-8-19(22)23-15-42-28(35-23)36-11-9-18(10-12-36)40-14-21(26(37)16-5-6-16)25(34)20-3-1-2-4-24(20)41-29(31,32)33/h1-4,7-8,13,15-16,18H,5-6,9-12,14,34H2,(H,38,39). The van der Waals surface area contributed by atoms with Gasteiger partial charge in [0.2, 0.25) is 0 Å². The van der Waals surface area contributed by atoms with Crippen LogP contribution in [0.15, 0.2) is 53.4 Å². The first-order chi connectivity index (χ1) is 20.0. The molecule has 0 bridgehead atoms. The molecule has 0 unspecified atom stereocenters. The first-order valence-corrected chi connectivity index (χ1v) is 14.1. The number of aromatic nitrogens is 1. The minimum Gasteiger partial charge on any atom is -0.478 e. The molecule has 2 heterocycles. The number of anilines is 1. The first-order valence-electron chi connectivity index (χ1n) is 13.2. The average Bonchev–Trinajstić information content (AvgIpc) is 3.69. The predicted octanol–water partition coefficient (Wildman–Crippen LogP) is 5.88. The summed E-state index contributed by atoms with van der Waals surface area (Å²) in [6.45, 7) is 1.01. The number of rotatable bonds is 10. The molecule has 1 aromatic heterocycles. The molecule has 42 heavy (non-hydrogen) atoms. The number of thiazole rings is 1. The Morgan fingerprint density at radius 3 is 2.45 bits per heavy atom. The number of benzene rings is 2. The molecule has 0 radical (unpaired) electrons. The number of carboxylic acids is 1. The number of carbonyl (C=O) groups excluding carboxylic acids is 1. The summed E-state index contributed by atoms with van der Waals surface area (Å²) in [6.07, 6.45) is -2.57. The topological polar surface area (TPSA) is 115 Å². The highest BCUT2D eigenvalue weighted by atomic mass is 32.1. The number of carbonyl (C=O) groups is 2. The summed E-state index contributed by atoms with van der Waals surface area (Å²) in [5.74, 6) is -2.82. The zero-order valence-electron chi connectivity index (χ0n) is 22.2. The molecule has 2 aromatic carbocycles. The maximum absolute atomic E-state index is 14.5. The Hall–Kier alpha value is -3.97. The number of nitrogens with zero attached hydrogens (tertiary/aromatic N) is 2. The number of aromatic carboxylic acids is 1. The highest BCUT2D eigenvalue weighted by molar-refractivity contribution is 7.14. The zero-order valence-corrected chi connectivity index (χ0v) is 23.0.